The number of imidazole rings is 1. The Morgan fingerprint density at radius 1 is 1.11 bits per heavy atom. The van der Waals surface area contributed by atoms with Crippen LogP contribution in [0, 0.1) is 18.6 Å². The predicted octanol–water partition coefficient (Wildman–Crippen LogP) is 4.65. The highest BCUT2D eigenvalue weighted by Gasteiger charge is 2.32. The molecule has 13 heteroatoms. The molecule has 8 nitrogen and oxygen atoms in total. The molecule has 0 atom stereocenters. The molecule has 0 aliphatic carbocycles. The highest BCUT2D eigenvalue weighted by molar-refractivity contribution is 6.08. The molecule has 2 aromatic carbocycles. The van der Waals surface area contributed by atoms with Crippen molar-refractivity contribution in [1.29, 1.82) is 0 Å². The van der Waals surface area contributed by atoms with Gasteiger partial charge < -0.3 is 10.6 Å². The molecule has 0 radical (unpaired) electrons. The van der Waals surface area contributed by atoms with Crippen molar-refractivity contribution in [2.24, 2.45) is 7.05 Å². The molecular formula is C24H18F5N7O. The van der Waals surface area contributed by atoms with Crippen LogP contribution >= 0.6 is 0 Å². The second-order valence-electron chi connectivity index (χ2n) is 8.44. The minimum absolute atomic E-state index is 0.119. The van der Waals surface area contributed by atoms with Gasteiger partial charge in [0.05, 0.1) is 52.6 Å². The Kier molecular flexibility index (Phi) is 5.57. The Labute approximate surface area is 205 Å². The smallest absolute Gasteiger partial charge is 0.382 e. The molecule has 3 heterocycles. The zero-order valence-electron chi connectivity index (χ0n) is 19.4. The summed E-state index contributed by atoms with van der Waals surface area (Å²) in [7, 11) is 1.60. The fourth-order valence-electron chi connectivity index (χ4n) is 4.15. The molecule has 2 N–H and O–H groups in total. The highest BCUT2D eigenvalue weighted by Crippen LogP contribution is 2.32. The van der Waals surface area contributed by atoms with Gasteiger partial charge in [0.1, 0.15) is 23.0 Å². The average molecular weight is 515 g/mol. The van der Waals surface area contributed by atoms with E-state index in [-0.39, 0.29) is 28.1 Å². The Morgan fingerprint density at radius 3 is 2.51 bits per heavy atom. The van der Waals surface area contributed by atoms with Gasteiger partial charge in [0, 0.05) is 24.9 Å². The van der Waals surface area contributed by atoms with Crippen molar-refractivity contribution < 1.29 is 26.7 Å². The summed E-state index contributed by atoms with van der Waals surface area (Å²) in [5, 5.41) is 4.18. The van der Waals surface area contributed by atoms with Crippen molar-refractivity contribution in [2.75, 3.05) is 10.6 Å². The third-order valence-corrected chi connectivity index (χ3v) is 5.93. The van der Waals surface area contributed by atoms with Crippen molar-refractivity contribution in [1.82, 2.24) is 24.1 Å². The van der Waals surface area contributed by atoms with E-state index in [1.165, 1.54) is 29.5 Å². The Morgan fingerprint density at radius 2 is 1.86 bits per heavy atom. The van der Waals surface area contributed by atoms with Crippen molar-refractivity contribution in [2.45, 2.75) is 19.6 Å². The van der Waals surface area contributed by atoms with Crippen molar-refractivity contribution in [3.63, 3.8) is 0 Å². The number of aryl methyl sites for hydroxylation is 2. The number of nitrogens with zero attached hydrogens (tertiary/aromatic N) is 6. The van der Waals surface area contributed by atoms with Crippen LogP contribution in [0.2, 0.25) is 0 Å². The molecule has 5 aromatic rings. The minimum Gasteiger partial charge on any atom is -0.382 e. The summed E-state index contributed by atoms with van der Waals surface area (Å²) in [4.78, 5) is 23.0. The molecule has 0 aliphatic heterocycles. The molecule has 5 rings (SSSR count). The number of hydrogen-bond donors (Lipinski definition) is 1. The van der Waals surface area contributed by atoms with E-state index in [4.69, 9.17) is 5.73 Å². The third-order valence-electron chi connectivity index (χ3n) is 5.93. The summed E-state index contributed by atoms with van der Waals surface area (Å²) >= 11 is 0. The lowest BCUT2D eigenvalue weighted by Gasteiger charge is -2.23. The molecule has 0 fully saturated rings. The van der Waals surface area contributed by atoms with E-state index in [0.29, 0.717) is 22.8 Å². The summed E-state index contributed by atoms with van der Waals surface area (Å²) < 4.78 is 72.0. The molecule has 0 unspecified atom stereocenters. The number of carbonyl (C=O) groups excluding carboxylic acids is 1. The summed E-state index contributed by atoms with van der Waals surface area (Å²) in [6.07, 6.45) is -0.364. The first-order valence-electron chi connectivity index (χ1n) is 10.8. The first kappa shape index (κ1) is 24.2. The molecular weight excluding hydrogens is 497 g/mol. The van der Waals surface area contributed by atoms with E-state index < -0.39 is 35.8 Å². The lowest BCUT2D eigenvalue weighted by Crippen LogP contribution is -2.32. The number of alkyl halides is 3. The largest absolute Gasteiger partial charge is 0.416 e. The van der Waals surface area contributed by atoms with Crippen LogP contribution in [0.4, 0.5) is 33.5 Å². The molecule has 1 amide bonds. The maximum atomic E-state index is 15.2. The summed E-state index contributed by atoms with van der Waals surface area (Å²) in [6.45, 7) is 1.12. The standard InChI is InChI=1S/C24H18F5N7O/c1-12-21(10-34(2)33-12)35(9-13-3-4-14(5-16(13)25)24(27,28)29)23(37)15-6-19-18(7-17(15)26)32-22(30)20-8-31-11-36(19)20/h3-8,10-11H,9H2,1-2H3,(H2,30,32). The lowest BCUT2D eigenvalue weighted by molar-refractivity contribution is -0.137. The van der Waals surface area contributed by atoms with Crippen LogP contribution in [0.25, 0.3) is 16.6 Å². The number of carbonyl (C=O) groups is 1. The van der Waals surface area contributed by atoms with E-state index >= 15 is 4.39 Å². The molecule has 0 spiro atoms. The van der Waals surface area contributed by atoms with Crippen LogP contribution < -0.4 is 10.6 Å². The molecule has 0 saturated carbocycles. The van der Waals surface area contributed by atoms with E-state index in [1.807, 2.05) is 0 Å². The second kappa shape index (κ2) is 8.54. The van der Waals surface area contributed by atoms with Gasteiger partial charge in [0.25, 0.3) is 5.91 Å². The van der Waals surface area contributed by atoms with Gasteiger partial charge in [-0.1, -0.05) is 6.07 Å². The van der Waals surface area contributed by atoms with Gasteiger partial charge in [-0.25, -0.2) is 18.7 Å². The first-order valence-corrected chi connectivity index (χ1v) is 10.8. The van der Waals surface area contributed by atoms with E-state index in [1.54, 1.807) is 18.4 Å². The van der Waals surface area contributed by atoms with Crippen molar-refractivity contribution >= 4 is 34.0 Å². The van der Waals surface area contributed by atoms with Gasteiger partial charge >= 0.3 is 6.18 Å². The number of fused-ring (bicyclic) bond motifs is 3. The molecule has 3 aromatic heterocycles. The number of nitrogen functional groups attached to an aromatic ring is 1. The number of aromatic nitrogens is 5. The lowest BCUT2D eigenvalue weighted by atomic mass is 10.1. The zero-order valence-corrected chi connectivity index (χ0v) is 19.4. The number of amides is 1. The molecule has 37 heavy (non-hydrogen) atoms. The van der Waals surface area contributed by atoms with Gasteiger partial charge in [-0.05, 0) is 25.1 Å². The monoisotopic (exact) mass is 515 g/mol. The van der Waals surface area contributed by atoms with Gasteiger partial charge in [-0.15, -0.1) is 0 Å². The van der Waals surface area contributed by atoms with Crippen LogP contribution in [0.1, 0.15) is 27.2 Å². The van der Waals surface area contributed by atoms with Crippen molar-refractivity contribution in [3.05, 3.63) is 83.1 Å². The van der Waals surface area contributed by atoms with Gasteiger partial charge in [-0.3, -0.25) is 13.9 Å². The molecule has 190 valence electrons. The average Bonchev–Trinajstić information content (AvgIpc) is 3.44. The van der Waals surface area contributed by atoms with Gasteiger partial charge in [-0.2, -0.15) is 18.3 Å². The Balaban J connectivity index is 1.63. The topological polar surface area (TPSA) is 94.3 Å². The zero-order chi connectivity index (χ0) is 26.6. The highest BCUT2D eigenvalue weighted by atomic mass is 19.4. The van der Waals surface area contributed by atoms with Gasteiger partial charge in [0.15, 0.2) is 0 Å². The van der Waals surface area contributed by atoms with Crippen LogP contribution in [0.3, 0.4) is 0 Å². The fraction of sp³-hybridized carbons (Fsp3) is 0.167. The number of halogens is 5. The number of hydrogen-bond acceptors (Lipinski definition) is 5. The van der Waals surface area contributed by atoms with E-state index in [9.17, 15) is 22.4 Å². The second-order valence-corrected chi connectivity index (χ2v) is 8.44. The number of anilines is 2. The van der Waals surface area contributed by atoms with E-state index in [2.05, 4.69) is 15.1 Å². The number of nitrogens with two attached hydrogens (primary N) is 1. The summed E-state index contributed by atoms with van der Waals surface area (Å²) in [6, 6.07) is 4.35. The maximum absolute atomic E-state index is 15.2. The predicted molar refractivity (Wildman–Crippen MR) is 125 cm³/mol. The molecule has 0 bridgehead atoms. The fourth-order valence-corrected chi connectivity index (χ4v) is 4.15. The van der Waals surface area contributed by atoms with Gasteiger partial charge in [0.2, 0.25) is 0 Å². The maximum Gasteiger partial charge on any atom is 0.416 e. The van der Waals surface area contributed by atoms with E-state index in [0.717, 1.165) is 23.1 Å². The number of benzene rings is 2. The van der Waals surface area contributed by atoms with Crippen LogP contribution in [-0.4, -0.2) is 30.1 Å². The van der Waals surface area contributed by atoms with Crippen LogP contribution in [-0.2, 0) is 19.8 Å². The van der Waals surface area contributed by atoms with Crippen LogP contribution in [0.15, 0.2) is 49.1 Å². The molecule has 0 aliphatic rings. The minimum atomic E-state index is -4.74. The summed E-state index contributed by atoms with van der Waals surface area (Å²) in [5.74, 6) is -2.81. The van der Waals surface area contributed by atoms with Crippen LogP contribution in [0.5, 0.6) is 0 Å². The molecule has 0 saturated heterocycles. The summed E-state index contributed by atoms with van der Waals surface area (Å²) in [5.41, 5.74) is 5.75. The first-order chi connectivity index (χ1) is 17.4. The quantitative estimate of drug-likeness (QED) is 0.352. The Bertz CT molecular complexity index is 1690. The SMILES string of the molecule is Cc1nn(C)cc1N(Cc1ccc(C(F)(F)F)cc1F)C(=O)c1cc2c(cc1F)nc(N)c1cncn12. The Hall–Kier alpha value is -4.55. The van der Waals surface area contributed by atoms with Crippen molar-refractivity contribution in [3.8, 4) is 0 Å². The normalized spacial score (nSPS) is 12.0. The third kappa shape index (κ3) is 4.21. The number of rotatable bonds is 4.